The second kappa shape index (κ2) is 6.89. The van der Waals surface area contributed by atoms with Gasteiger partial charge in [-0.2, -0.15) is 0 Å². The third-order valence-electron chi connectivity index (χ3n) is 3.03. The van der Waals surface area contributed by atoms with E-state index in [1.165, 1.54) is 6.33 Å². The highest BCUT2D eigenvalue weighted by atomic mass is 79.9. The van der Waals surface area contributed by atoms with Gasteiger partial charge in [0.05, 0.1) is 5.60 Å². The van der Waals surface area contributed by atoms with Gasteiger partial charge in [0.25, 0.3) is 0 Å². The Bertz CT molecular complexity index is 382. The van der Waals surface area contributed by atoms with E-state index < -0.39 is 5.60 Å². The molecule has 1 aromatic rings. The highest BCUT2D eigenvalue weighted by molar-refractivity contribution is 9.10. The summed E-state index contributed by atoms with van der Waals surface area (Å²) in [6.45, 7) is 7.23. The van der Waals surface area contributed by atoms with E-state index in [1.54, 1.807) is 0 Å². The molecule has 18 heavy (non-hydrogen) atoms. The quantitative estimate of drug-likeness (QED) is 0.721. The summed E-state index contributed by atoms with van der Waals surface area (Å²) in [5.74, 6) is 1.45. The van der Waals surface area contributed by atoms with Gasteiger partial charge in [0.1, 0.15) is 22.4 Å². The molecule has 0 radical (unpaired) electrons. The topological polar surface area (TPSA) is 70.1 Å². The number of aliphatic hydroxyl groups is 1. The van der Waals surface area contributed by atoms with Crippen molar-refractivity contribution in [2.24, 2.45) is 0 Å². The molecule has 0 aliphatic carbocycles. The Kier molecular flexibility index (Phi) is 5.81. The van der Waals surface area contributed by atoms with Crippen molar-refractivity contribution in [3.8, 4) is 0 Å². The van der Waals surface area contributed by atoms with Crippen LogP contribution < -0.4 is 10.6 Å². The largest absolute Gasteiger partial charge is 0.388 e. The molecule has 5 nitrogen and oxygen atoms in total. The van der Waals surface area contributed by atoms with Crippen LogP contribution in [0, 0.1) is 0 Å². The lowest BCUT2D eigenvalue weighted by molar-refractivity contribution is 0.0456. The van der Waals surface area contributed by atoms with Gasteiger partial charge in [0.15, 0.2) is 0 Å². The first-order valence-corrected chi connectivity index (χ1v) is 7.06. The summed E-state index contributed by atoms with van der Waals surface area (Å²) >= 11 is 3.46. The standard InChI is InChI=1S/C12H21BrN4O/c1-4-12(18,5-2)7-15-11-9(13)10(14-6-3)16-8-17-11/h8,18H,4-7H2,1-3H3,(H2,14,15,16,17). The molecule has 1 heterocycles. The van der Waals surface area contributed by atoms with Crippen LogP contribution in [0.5, 0.6) is 0 Å². The van der Waals surface area contributed by atoms with Crippen LogP contribution >= 0.6 is 15.9 Å². The molecule has 0 amide bonds. The van der Waals surface area contributed by atoms with Crippen LogP contribution in [0.1, 0.15) is 33.6 Å². The number of aromatic nitrogens is 2. The smallest absolute Gasteiger partial charge is 0.146 e. The van der Waals surface area contributed by atoms with E-state index in [1.807, 2.05) is 20.8 Å². The summed E-state index contributed by atoms with van der Waals surface area (Å²) in [5, 5.41) is 16.5. The third-order valence-corrected chi connectivity index (χ3v) is 3.79. The van der Waals surface area contributed by atoms with E-state index in [-0.39, 0.29) is 0 Å². The van der Waals surface area contributed by atoms with E-state index in [0.717, 1.165) is 16.8 Å². The lowest BCUT2D eigenvalue weighted by Crippen LogP contribution is -2.35. The maximum atomic E-state index is 10.2. The minimum absolute atomic E-state index is 0.473. The monoisotopic (exact) mass is 316 g/mol. The Hall–Kier alpha value is -0.880. The van der Waals surface area contributed by atoms with Crippen LogP contribution in [-0.4, -0.2) is 33.8 Å². The van der Waals surface area contributed by atoms with Crippen molar-refractivity contribution >= 4 is 27.6 Å². The Morgan fingerprint density at radius 2 is 1.72 bits per heavy atom. The Morgan fingerprint density at radius 3 is 2.22 bits per heavy atom. The summed E-state index contributed by atoms with van der Waals surface area (Å²) in [6.07, 6.45) is 2.92. The summed E-state index contributed by atoms with van der Waals surface area (Å²) in [7, 11) is 0. The molecule has 102 valence electrons. The minimum Gasteiger partial charge on any atom is -0.388 e. The van der Waals surface area contributed by atoms with Gasteiger partial charge >= 0.3 is 0 Å². The van der Waals surface area contributed by atoms with Crippen molar-refractivity contribution in [3.05, 3.63) is 10.8 Å². The van der Waals surface area contributed by atoms with Crippen LogP contribution in [0.3, 0.4) is 0 Å². The number of halogens is 1. The van der Waals surface area contributed by atoms with Crippen molar-refractivity contribution in [2.45, 2.75) is 39.2 Å². The van der Waals surface area contributed by atoms with E-state index in [4.69, 9.17) is 0 Å². The van der Waals surface area contributed by atoms with Crippen molar-refractivity contribution in [2.75, 3.05) is 23.7 Å². The van der Waals surface area contributed by atoms with Gasteiger partial charge in [-0.25, -0.2) is 9.97 Å². The van der Waals surface area contributed by atoms with Crippen molar-refractivity contribution in [3.63, 3.8) is 0 Å². The third kappa shape index (κ3) is 3.81. The molecule has 0 aliphatic heterocycles. The first-order valence-electron chi connectivity index (χ1n) is 6.27. The number of nitrogens with zero attached hydrogens (tertiary/aromatic N) is 2. The number of rotatable bonds is 7. The van der Waals surface area contributed by atoms with E-state index in [9.17, 15) is 5.11 Å². The highest BCUT2D eigenvalue weighted by Gasteiger charge is 2.22. The maximum Gasteiger partial charge on any atom is 0.146 e. The molecular formula is C12H21BrN4O. The summed E-state index contributed by atoms with van der Waals surface area (Å²) in [4.78, 5) is 8.31. The van der Waals surface area contributed by atoms with Crippen molar-refractivity contribution in [1.82, 2.24) is 9.97 Å². The minimum atomic E-state index is -0.692. The molecule has 1 rings (SSSR count). The van der Waals surface area contributed by atoms with Gasteiger partial charge < -0.3 is 15.7 Å². The fraction of sp³-hybridized carbons (Fsp3) is 0.667. The lowest BCUT2D eigenvalue weighted by Gasteiger charge is -2.26. The Morgan fingerprint density at radius 1 is 1.17 bits per heavy atom. The van der Waals surface area contributed by atoms with Crippen LogP contribution in [0.25, 0.3) is 0 Å². The van der Waals surface area contributed by atoms with Crippen LogP contribution in [0.2, 0.25) is 0 Å². The fourth-order valence-electron chi connectivity index (χ4n) is 1.53. The van der Waals surface area contributed by atoms with E-state index in [0.29, 0.717) is 25.2 Å². The zero-order valence-corrected chi connectivity index (χ0v) is 12.7. The molecule has 0 bridgehead atoms. The van der Waals surface area contributed by atoms with Gasteiger partial charge in [-0.05, 0) is 35.7 Å². The zero-order chi connectivity index (χ0) is 13.6. The summed E-state index contributed by atoms with van der Waals surface area (Å²) in [5.41, 5.74) is -0.692. The van der Waals surface area contributed by atoms with Gasteiger partial charge in [-0.3, -0.25) is 0 Å². The first kappa shape index (κ1) is 15.2. The molecule has 0 aromatic carbocycles. The van der Waals surface area contributed by atoms with Gasteiger partial charge in [-0.15, -0.1) is 0 Å². The van der Waals surface area contributed by atoms with E-state index >= 15 is 0 Å². The Balaban J connectivity index is 2.76. The normalized spacial score (nSPS) is 11.4. The molecule has 0 atom stereocenters. The number of hydrogen-bond acceptors (Lipinski definition) is 5. The molecule has 3 N–H and O–H groups in total. The molecule has 1 aromatic heterocycles. The van der Waals surface area contributed by atoms with Gasteiger partial charge in [-0.1, -0.05) is 13.8 Å². The lowest BCUT2D eigenvalue weighted by atomic mass is 9.98. The molecule has 0 saturated heterocycles. The van der Waals surface area contributed by atoms with Crippen molar-refractivity contribution in [1.29, 1.82) is 0 Å². The maximum absolute atomic E-state index is 10.2. The summed E-state index contributed by atoms with van der Waals surface area (Å²) < 4.78 is 0.793. The highest BCUT2D eigenvalue weighted by Crippen LogP contribution is 2.27. The predicted molar refractivity (Wildman–Crippen MR) is 77.9 cm³/mol. The zero-order valence-electron chi connectivity index (χ0n) is 11.1. The first-order chi connectivity index (χ1) is 8.56. The number of nitrogens with one attached hydrogen (secondary N) is 2. The van der Waals surface area contributed by atoms with Gasteiger partial charge in [0.2, 0.25) is 0 Å². The SMILES string of the molecule is CCNc1ncnc(NCC(O)(CC)CC)c1Br. The Labute approximate surface area is 117 Å². The number of hydrogen-bond donors (Lipinski definition) is 3. The predicted octanol–water partition coefficient (Wildman–Crippen LogP) is 2.63. The van der Waals surface area contributed by atoms with Gasteiger partial charge in [0, 0.05) is 13.1 Å². The van der Waals surface area contributed by atoms with Crippen molar-refractivity contribution < 1.29 is 5.11 Å². The van der Waals surface area contributed by atoms with Crippen LogP contribution in [0.15, 0.2) is 10.8 Å². The molecular weight excluding hydrogens is 296 g/mol. The fourth-order valence-corrected chi connectivity index (χ4v) is 2.02. The average molecular weight is 317 g/mol. The molecule has 6 heteroatoms. The summed E-state index contributed by atoms with van der Waals surface area (Å²) in [6, 6.07) is 0. The van der Waals surface area contributed by atoms with Crippen LogP contribution in [-0.2, 0) is 0 Å². The molecule has 0 spiro atoms. The van der Waals surface area contributed by atoms with E-state index in [2.05, 4.69) is 36.5 Å². The molecule has 0 fully saturated rings. The second-order valence-electron chi connectivity index (χ2n) is 4.20. The van der Waals surface area contributed by atoms with Crippen LogP contribution in [0.4, 0.5) is 11.6 Å². The molecule has 0 unspecified atom stereocenters. The average Bonchev–Trinajstić information content (AvgIpc) is 2.39. The molecule has 0 saturated carbocycles. The second-order valence-corrected chi connectivity index (χ2v) is 4.99. The molecule has 0 aliphatic rings. The number of anilines is 2.